The molecule has 2 aromatic carbocycles. The highest BCUT2D eigenvalue weighted by atomic mass is 15.1. The molecule has 3 heteroatoms. The number of hydrogen-bond acceptors (Lipinski definition) is 3. The van der Waals surface area contributed by atoms with E-state index >= 15 is 0 Å². The second kappa shape index (κ2) is 5.54. The minimum Gasteiger partial charge on any atom is -0.383 e. The van der Waals surface area contributed by atoms with E-state index in [1.54, 1.807) is 0 Å². The van der Waals surface area contributed by atoms with Crippen molar-refractivity contribution in [1.82, 2.24) is 9.88 Å². The van der Waals surface area contributed by atoms with Gasteiger partial charge < -0.3 is 10.6 Å². The van der Waals surface area contributed by atoms with Gasteiger partial charge in [0, 0.05) is 17.5 Å². The van der Waals surface area contributed by atoms with Gasteiger partial charge in [0.05, 0.1) is 5.52 Å². The molecule has 0 spiro atoms. The van der Waals surface area contributed by atoms with E-state index in [9.17, 15) is 0 Å². The molecule has 1 heterocycles. The molecule has 3 nitrogen and oxygen atoms in total. The first-order valence-corrected chi connectivity index (χ1v) is 7.04. The molecule has 0 aliphatic carbocycles. The Morgan fingerprint density at radius 3 is 2.33 bits per heavy atom. The minimum absolute atomic E-state index is 0.612. The fourth-order valence-corrected chi connectivity index (χ4v) is 2.68. The van der Waals surface area contributed by atoms with Gasteiger partial charge in [0.25, 0.3) is 0 Å². The molecule has 0 amide bonds. The Kier molecular flexibility index (Phi) is 3.59. The van der Waals surface area contributed by atoms with Crippen molar-refractivity contribution >= 4 is 16.7 Å². The van der Waals surface area contributed by atoms with Gasteiger partial charge in [-0.2, -0.15) is 0 Å². The van der Waals surface area contributed by atoms with Crippen LogP contribution in [0.1, 0.15) is 5.56 Å². The van der Waals surface area contributed by atoms with Crippen LogP contribution in [-0.2, 0) is 6.54 Å². The highest BCUT2D eigenvalue weighted by Gasteiger charge is 2.15. The number of pyridine rings is 1. The zero-order chi connectivity index (χ0) is 14.8. The van der Waals surface area contributed by atoms with Gasteiger partial charge in [0.2, 0.25) is 0 Å². The summed E-state index contributed by atoms with van der Waals surface area (Å²) in [4.78, 5) is 6.69. The summed E-state index contributed by atoms with van der Waals surface area (Å²) < 4.78 is 0. The normalized spacial score (nSPS) is 11.2. The smallest absolute Gasteiger partial charge is 0.129 e. The Morgan fingerprint density at radius 2 is 1.62 bits per heavy atom. The van der Waals surface area contributed by atoms with Crippen LogP contribution in [0.25, 0.3) is 22.0 Å². The number of anilines is 1. The first-order chi connectivity index (χ1) is 10.2. The highest BCUT2D eigenvalue weighted by Crippen LogP contribution is 2.34. The lowest BCUT2D eigenvalue weighted by molar-refractivity contribution is 0.403. The van der Waals surface area contributed by atoms with E-state index in [1.165, 1.54) is 11.1 Å². The lowest BCUT2D eigenvalue weighted by Gasteiger charge is -2.18. The van der Waals surface area contributed by atoms with Gasteiger partial charge in [-0.1, -0.05) is 48.5 Å². The maximum Gasteiger partial charge on any atom is 0.129 e. The Balaban J connectivity index is 2.36. The number of benzene rings is 2. The van der Waals surface area contributed by atoms with Crippen LogP contribution in [0.15, 0.2) is 54.6 Å². The molecule has 0 saturated heterocycles. The highest BCUT2D eigenvalue weighted by molar-refractivity contribution is 5.98. The van der Waals surface area contributed by atoms with Crippen molar-refractivity contribution in [3.8, 4) is 11.1 Å². The third kappa shape index (κ3) is 2.60. The lowest BCUT2D eigenvalue weighted by Crippen LogP contribution is -2.14. The number of nitrogen functional groups attached to an aromatic ring is 1. The second-order valence-electron chi connectivity index (χ2n) is 5.47. The van der Waals surface area contributed by atoms with Gasteiger partial charge in [0.15, 0.2) is 0 Å². The van der Waals surface area contributed by atoms with E-state index in [0.29, 0.717) is 5.82 Å². The van der Waals surface area contributed by atoms with Crippen molar-refractivity contribution in [3.63, 3.8) is 0 Å². The Labute approximate surface area is 125 Å². The number of fused-ring (bicyclic) bond motifs is 1. The Morgan fingerprint density at radius 1 is 0.952 bits per heavy atom. The van der Waals surface area contributed by atoms with Crippen LogP contribution < -0.4 is 5.73 Å². The zero-order valence-corrected chi connectivity index (χ0v) is 12.4. The van der Waals surface area contributed by atoms with E-state index in [2.05, 4.69) is 40.2 Å². The third-order valence-electron chi connectivity index (χ3n) is 3.56. The molecule has 0 saturated carbocycles. The molecule has 0 unspecified atom stereocenters. The standard InChI is InChI=1S/C18H19N3/c1-21(2)12-15-17(13-8-4-3-5-9-13)14-10-6-7-11-16(14)20-18(15)19/h3-11H,12H2,1-2H3,(H2,19,20). The molecule has 3 rings (SSSR count). The SMILES string of the molecule is CN(C)Cc1c(N)nc2ccccc2c1-c1ccccc1. The van der Waals surface area contributed by atoms with Crippen LogP contribution >= 0.6 is 0 Å². The Bertz CT molecular complexity index is 764. The van der Waals surface area contributed by atoms with Gasteiger partial charge >= 0.3 is 0 Å². The number of aromatic nitrogens is 1. The van der Waals surface area contributed by atoms with E-state index in [1.807, 2.05) is 38.4 Å². The number of para-hydroxylation sites is 1. The lowest BCUT2D eigenvalue weighted by atomic mass is 9.95. The quantitative estimate of drug-likeness (QED) is 0.796. The number of rotatable bonds is 3. The summed E-state index contributed by atoms with van der Waals surface area (Å²) in [6.45, 7) is 0.772. The molecule has 0 fully saturated rings. The van der Waals surface area contributed by atoms with Crippen molar-refractivity contribution in [2.75, 3.05) is 19.8 Å². The van der Waals surface area contributed by atoms with Crippen LogP contribution in [0, 0.1) is 0 Å². The number of nitrogens with two attached hydrogens (primary N) is 1. The number of hydrogen-bond donors (Lipinski definition) is 1. The summed E-state index contributed by atoms with van der Waals surface area (Å²) in [6.07, 6.45) is 0. The largest absolute Gasteiger partial charge is 0.383 e. The van der Waals surface area contributed by atoms with Crippen LogP contribution in [0.4, 0.5) is 5.82 Å². The molecule has 0 aliphatic heterocycles. The van der Waals surface area contributed by atoms with Crippen molar-refractivity contribution in [2.45, 2.75) is 6.54 Å². The van der Waals surface area contributed by atoms with Gasteiger partial charge in [-0.25, -0.2) is 4.98 Å². The molecular formula is C18H19N3. The van der Waals surface area contributed by atoms with Crippen LogP contribution in [0.5, 0.6) is 0 Å². The van der Waals surface area contributed by atoms with Crippen molar-refractivity contribution in [2.24, 2.45) is 0 Å². The van der Waals surface area contributed by atoms with E-state index in [-0.39, 0.29) is 0 Å². The summed E-state index contributed by atoms with van der Waals surface area (Å²) in [5.41, 5.74) is 10.6. The van der Waals surface area contributed by atoms with Crippen LogP contribution in [-0.4, -0.2) is 24.0 Å². The maximum atomic E-state index is 6.24. The molecule has 106 valence electrons. The van der Waals surface area contributed by atoms with E-state index in [0.717, 1.165) is 23.0 Å². The van der Waals surface area contributed by atoms with Gasteiger partial charge in [-0.15, -0.1) is 0 Å². The van der Waals surface area contributed by atoms with Crippen molar-refractivity contribution in [1.29, 1.82) is 0 Å². The van der Waals surface area contributed by atoms with Gasteiger partial charge in [-0.3, -0.25) is 0 Å². The van der Waals surface area contributed by atoms with Gasteiger partial charge in [-0.05, 0) is 31.3 Å². The number of nitrogens with zero attached hydrogens (tertiary/aromatic N) is 2. The summed E-state index contributed by atoms with van der Waals surface area (Å²) in [7, 11) is 4.09. The maximum absolute atomic E-state index is 6.24. The fraction of sp³-hybridized carbons (Fsp3) is 0.167. The topological polar surface area (TPSA) is 42.1 Å². The van der Waals surface area contributed by atoms with Crippen LogP contribution in [0.3, 0.4) is 0 Å². The molecule has 2 N–H and O–H groups in total. The van der Waals surface area contributed by atoms with Gasteiger partial charge in [0.1, 0.15) is 5.82 Å². The summed E-state index contributed by atoms with van der Waals surface area (Å²) in [6, 6.07) is 18.6. The van der Waals surface area contributed by atoms with Crippen molar-refractivity contribution < 1.29 is 0 Å². The average Bonchev–Trinajstić information content (AvgIpc) is 2.48. The van der Waals surface area contributed by atoms with Crippen LogP contribution in [0.2, 0.25) is 0 Å². The molecule has 0 atom stereocenters. The predicted octanol–water partition coefficient (Wildman–Crippen LogP) is 3.55. The molecule has 3 aromatic rings. The third-order valence-corrected chi connectivity index (χ3v) is 3.56. The molecular weight excluding hydrogens is 258 g/mol. The molecule has 0 aliphatic rings. The first-order valence-electron chi connectivity index (χ1n) is 7.04. The summed E-state index contributed by atoms with van der Waals surface area (Å²) >= 11 is 0. The minimum atomic E-state index is 0.612. The van der Waals surface area contributed by atoms with E-state index in [4.69, 9.17) is 5.73 Å². The Hall–Kier alpha value is -2.39. The predicted molar refractivity (Wildman–Crippen MR) is 89.0 cm³/mol. The second-order valence-corrected chi connectivity index (χ2v) is 5.47. The molecule has 1 aromatic heterocycles. The average molecular weight is 277 g/mol. The van der Waals surface area contributed by atoms with E-state index < -0.39 is 0 Å². The fourth-order valence-electron chi connectivity index (χ4n) is 2.68. The monoisotopic (exact) mass is 277 g/mol. The summed E-state index contributed by atoms with van der Waals surface area (Å²) in [5, 5.41) is 1.15. The summed E-state index contributed by atoms with van der Waals surface area (Å²) in [5.74, 6) is 0.612. The van der Waals surface area contributed by atoms with Crippen molar-refractivity contribution in [3.05, 3.63) is 60.2 Å². The molecule has 0 bridgehead atoms. The molecule has 0 radical (unpaired) electrons. The first kappa shape index (κ1) is 13.6. The zero-order valence-electron chi connectivity index (χ0n) is 12.4. The molecule has 21 heavy (non-hydrogen) atoms.